The normalized spacial score (nSPS) is 14.2. The number of halogens is 1. The number of aromatic nitrogens is 1. The van der Waals surface area contributed by atoms with Crippen molar-refractivity contribution in [1.29, 1.82) is 0 Å². The second-order valence-corrected chi connectivity index (χ2v) is 6.26. The van der Waals surface area contributed by atoms with E-state index >= 15 is 0 Å². The number of thiazole rings is 1. The number of carbonyl (C=O) groups excluding carboxylic acids is 2. The van der Waals surface area contributed by atoms with Crippen LogP contribution in [-0.4, -0.2) is 16.6 Å². The van der Waals surface area contributed by atoms with Crippen LogP contribution in [0.5, 0.6) is 0 Å². The number of fused-ring (bicyclic) bond motifs is 1. The Morgan fingerprint density at radius 1 is 1.33 bits per heavy atom. The molecule has 8 heteroatoms. The number of carbonyl (C=O) groups is 2. The lowest BCUT2D eigenvalue weighted by molar-refractivity contribution is -0.114. The highest BCUT2D eigenvalue weighted by Crippen LogP contribution is 2.32. The maximum atomic E-state index is 14.4. The summed E-state index contributed by atoms with van der Waals surface area (Å²) in [4.78, 5) is 36.5. The highest BCUT2D eigenvalue weighted by atomic mass is 32.1. The smallest absolute Gasteiger partial charge is 0.404 e. The number of terminal acetylenes is 1. The van der Waals surface area contributed by atoms with Crippen molar-refractivity contribution in [2.45, 2.75) is 20.4 Å². The molecule has 24 heavy (non-hydrogen) atoms. The van der Waals surface area contributed by atoms with E-state index in [1.54, 1.807) is 13.8 Å². The van der Waals surface area contributed by atoms with Gasteiger partial charge in [0.1, 0.15) is 5.82 Å². The Kier molecular flexibility index (Phi) is 3.73. The van der Waals surface area contributed by atoms with Gasteiger partial charge in [-0.05, 0) is 31.6 Å². The third-order valence-electron chi connectivity index (χ3n) is 3.45. The monoisotopic (exact) mass is 346 g/mol. The predicted molar refractivity (Wildman–Crippen MR) is 87.2 cm³/mol. The maximum absolute atomic E-state index is 14.4. The van der Waals surface area contributed by atoms with Crippen LogP contribution in [-0.2, 0) is 16.1 Å². The quantitative estimate of drug-likeness (QED) is 0.619. The van der Waals surface area contributed by atoms with Crippen LogP contribution in [0.3, 0.4) is 0 Å². The zero-order chi connectivity index (χ0) is 17.6. The molecule has 1 aromatic heterocycles. The largest absolute Gasteiger partial charge is 0.427 e. The minimum absolute atomic E-state index is 0.00151. The average Bonchev–Trinajstić information content (AvgIpc) is 2.96. The van der Waals surface area contributed by atoms with E-state index < -0.39 is 17.8 Å². The van der Waals surface area contributed by atoms with Crippen LogP contribution in [0.4, 0.5) is 14.9 Å². The molecule has 0 spiro atoms. The molecule has 122 valence electrons. The third kappa shape index (κ3) is 2.30. The fourth-order valence-corrected chi connectivity index (χ4v) is 3.27. The van der Waals surface area contributed by atoms with Crippen LogP contribution in [0, 0.1) is 18.2 Å². The Balaban J connectivity index is 2.22. The van der Waals surface area contributed by atoms with E-state index in [9.17, 15) is 18.8 Å². The molecule has 0 N–H and O–H groups in total. The van der Waals surface area contributed by atoms with Gasteiger partial charge >= 0.3 is 16.9 Å². The summed E-state index contributed by atoms with van der Waals surface area (Å²) in [5.41, 5.74) is 0.569. The van der Waals surface area contributed by atoms with Gasteiger partial charge in [-0.3, -0.25) is 14.2 Å². The molecule has 0 unspecified atom stereocenters. The van der Waals surface area contributed by atoms with Crippen molar-refractivity contribution in [3.05, 3.63) is 38.9 Å². The van der Waals surface area contributed by atoms with Gasteiger partial charge in [-0.15, -0.1) is 6.42 Å². The second kappa shape index (κ2) is 5.62. The minimum Gasteiger partial charge on any atom is -0.404 e. The molecule has 6 nitrogen and oxygen atoms in total. The molecule has 2 amide bonds. The Morgan fingerprint density at radius 3 is 2.62 bits per heavy atom. The molecular weight excluding hydrogens is 335 g/mol. The summed E-state index contributed by atoms with van der Waals surface area (Å²) in [5.74, 6) is 0.650. The standard InChI is InChI=1S/C16H11FN2O4S/c1-4-5-18-11-7-10(9(17)6-12(11)24-16(18)22)19-14(20)13(8(2)3)23-15(19)21/h1,6-7H,5H2,2-3H3. The van der Waals surface area contributed by atoms with Gasteiger partial charge in [-0.25, -0.2) is 14.1 Å². The molecule has 2 aromatic rings. The van der Waals surface area contributed by atoms with Gasteiger partial charge in [0.05, 0.1) is 22.4 Å². The number of amides is 2. The second-order valence-electron chi connectivity index (χ2n) is 5.27. The number of hydrogen-bond acceptors (Lipinski definition) is 5. The maximum Gasteiger partial charge on any atom is 0.427 e. The van der Waals surface area contributed by atoms with Crippen LogP contribution in [0.2, 0.25) is 0 Å². The van der Waals surface area contributed by atoms with Gasteiger partial charge < -0.3 is 4.74 Å². The lowest BCUT2D eigenvalue weighted by Gasteiger charge is -2.12. The van der Waals surface area contributed by atoms with Crippen molar-refractivity contribution in [1.82, 2.24) is 4.57 Å². The first-order valence-corrected chi connectivity index (χ1v) is 7.67. The number of hydrogen-bond donors (Lipinski definition) is 0. The van der Waals surface area contributed by atoms with Gasteiger partial charge in [0.2, 0.25) is 0 Å². The van der Waals surface area contributed by atoms with E-state index in [-0.39, 0.29) is 22.9 Å². The number of anilines is 1. The van der Waals surface area contributed by atoms with E-state index in [1.807, 2.05) is 0 Å². The van der Waals surface area contributed by atoms with Gasteiger partial charge in [-0.1, -0.05) is 17.3 Å². The summed E-state index contributed by atoms with van der Waals surface area (Å²) in [6.07, 6.45) is 4.25. The summed E-state index contributed by atoms with van der Waals surface area (Å²) < 4.78 is 21.0. The number of cyclic esters (lactones) is 1. The fraction of sp³-hybridized carbons (Fsp3) is 0.188. The molecule has 0 saturated carbocycles. The van der Waals surface area contributed by atoms with Gasteiger partial charge in [0.25, 0.3) is 0 Å². The van der Waals surface area contributed by atoms with Crippen LogP contribution < -0.4 is 9.77 Å². The topological polar surface area (TPSA) is 68.6 Å². The molecule has 1 saturated heterocycles. The van der Waals surface area contributed by atoms with Crippen molar-refractivity contribution in [2.24, 2.45) is 0 Å². The van der Waals surface area contributed by atoms with Crippen LogP contribution in [0.15, 0.2) is 28.3 Å². The van der Waals surface area contributed by atoms with Gasteiger partial charge in [0, 0.05) is 0 Å². The lowest BCUT2D eigenvalue weighted by atomic mass is 10.2. The van der Waals surface area contributed by atoms with Crippen molar-refractivity contribution in [2.75, 3.05) is 4.90 Å². The first-order valence-electron chi connectivity index (χ1n) is 6.85. The van der Waals surface area contributed by atoms with E-state index in [0.717, 1.165) is 17.4 Å². The van der Waals surface area contributed by atoms with Crippen LogP contribution in [0.25, 0.3) is 10.2 Å². The predicted octanol–water partition coefficient (Wildman–Crippen LogP) is 2.61. The summed E-state index contributed by atoms with van der Waals surface area (Å²) in [5, 5.41) is 0. The van der Waals surface area contributed by atoms with Gasteiger partial charge in [-0.2, -0.15) is 0 Å². The van der Waals surface area contributed by atoms with Gasteiger partial charge in [0.15, 0.2) is 5.76 Å². The Morgan fingerprint density at radius 2 is 2.04 bits per heavy atom. The van der Waals surface area contributed by atoms with Crippen LogP contribution in [0.1, 0.15) is 13.8 Å². The molecule has 0 atom stereocenters. The number of imide groups is 1. The Labute approximate surface area is 139 Å². The zero-order valence-corrected chi connectivity index (χ0v) is 13.6. The SMILES string of the molecule is C#CCn1c(=O)sc2cc(F)c(N3C(=O)OC(=C(C)C)C3=O)cc21. The number of ether oxygens (including phenoxy) is 1. The summed E-state index contributed by atoms with van der Waals surface area (Å²) in [6.45, 7) is 3.21. The molecule has 1 aliphatic heterocycles. The number of benzene rings is 1. The van der Waals surface area contributed by atoms with E-state index in [0.29, 0.717) is 20.7 Å². The molecule has 1 fully saturated rings. The molecule has 1 aliphatic rings. The molecule has 3 rings (SSSR count). The highest BCUT2D eigenvalue weighted by Gasteiger charge is 2.40. The summed E-state index contributed by atoms with van der Waals surface area (Å²) in [6, 6.07) is 2.36. The van der Waals surface area contributed by atoms with Crippen molar-refractivity contribution >= 4 is 39.2 Å². The average molecular weight is 346 g/mol. The first-order chi connectivity index (χ1) is 11.3. The fourth-order valence-electron chi connectivity index (χ4n) is 2.37. The third-order valence-corrected chi connectivity index (χ3v) is 4.39. The number of nitrogens with zero attached hydrogens (tertiary/aromatic N) is 2. The van der Waals surface area contributed by atoms with Crippen molar-refractivity contribution < 1.29 is 18.7 Å². The molecule has 0 aliphatic carbocycles. The number of allylic oxidation sites excluding steroid dienone is 1. The number of rotatable bonds is 2. The van der Waals surface area contributed by atoms with Crippen molar-refractivity contribution in [3.63, 3.8) is 0 Å². The lowest BCUT2D eigenvalue weighted by Crippen LogP contribution is -2.29. The Bertz CT molecular complexity index is 1020. The molecule has 2 heterocycles. The summed E-state index contributed by atoms with van der Waals surface area (Å²) >= 11 is 0.834. The van der Waals surface area contributed by atoms with Crippen LogP contribution >= 0.6 is 11.3 Å². The zero-order valence-electron chi connectivity index (χ0n) is 12.8. The first kappa shape index (κ1) is 16.0. The molecule has 0 bridgehead atoms. The minimum atomic E-state index is -0.990. The molecular formula is C16H11FN2O4S. The van der Waals surface area contributed by atoms with E-state index in [4.69, 9.17) is 11.2 Å². The highest BCUT2D eigenvalue weighted by molar-refractivity contribution is 7.16. The van der Waals surface area contributed by atoms with E-state index in [2.05, 4.69) is 5.92 Å². The molecule has 0 radical (unpaired) electrons. The van der Waals surface area contributed by atoms with E-state index in [1.165, 1.54) is 10.6 Å². The summed E-state index contributed by atoms with van der Waals surface area (Å²) in [7, 11) is 0. The molecule has 1 aromatic carbocycles. The van der Waals surface area contributed by atoms with Crippen molar-refractivity contribution in [3.8, 4) is 12.3 Å². The Hall–Kier alpha value is -2.92.